The number of pyridine rings is 1. The number of alkyl halides is 2. The maximum absolute atomic E-state index is 14.5. The van der Waals surface area contributed by atoms with Gasteiger partial charge in [0.05, 0.1) is 18.9 Å². The number of rotatable bonds is 8. The van der Waals surface area contributed by atoms with E-state index in [1.54, 1.807) is 0 Å². The summed E-state index contributed by atoms with van der Waals surface area (Å²) >= 11 is 0. The predicted octanol–water partition coefficient (Wildman–Crippen LogP) is -0.473. The van der Waals surface area contributed by atoms with Crippen molar-refractivity contribution < 1.29 is 42.8 Å². The van der Waals surface area contributed by atoms with Crippen molar-refractivity contribution in [3.8, 4) is 5.75 Å². The van der Waals surface area contributed by atoms with Gasteiger partial charge in [-0.1, -0.05) is 0 Å². The van der Waals surface area contributed by atoms with E-state index in [0.29, 0.717) is 4.57 Å². The molecule has 0 amide bonds. The first-order valence-corrected chi connectivity index (χ1v) is 11.0. The minimum absolute atomic E-state index is 0.0850. The molecule has 4 atom stereocenters. The number of nitrogens with one attached hydrogen (secondary N) is 1. The van der Waals surface area contributed by atoms with Crippen LogP contribution in [0.15, 0.2) is 23.3 Å². The Morgan fingerprint density at radius 2 is 2.15 bits per heavy atom. The topological polar surface area (TPSA) is 202 Å². The van der Waals surface area contributed by atoms with Crippen LogP contribution < -0.4 is 16.5 Å². The highest BCUT2D eigenvalue weighted by Crippen LogP contribution is 2.45. The minimum atomic E-state index is -4.65. The van der Waals surface area contributed by atoms with Crippen molar-refractivity contribution in [3.63, 3.8) is 0 Å². The molecule has 16 heteroatoms. The van der Waals surface area contributed by atoms with Crippen LogP contribution in [0.4, 0.5) is 14.6 Å². The average Bonchev–Trinajstić information content (AvgIpc) is 2.97. The molecular formula is C17H22F2N5O8P. The molecule has 0 saturated carbocycles. The van der Waals surface area contributed by atoms with Gasteiger partial charge in [-0.15, -0.1) is 0 Å². The molecule has 2 aromatic heterocycles. The Balaban J connectivity index is 1.68. The van der Waals surface area contributed by atoms with Gasteiger partial charge in [0.25, 0.3) is 0 Å². The second-order valence-electron chi connectivity index (χ2n) is 7.19. The first-order chi connectivity index (χ1) is 15.4. The maximum atomic E-state index is 14.5. The molecule has 1 aliphatic heterocycles. The molecule has 0 aromatic carbocycles. The van der Waals surface area contributed by atoms with Crippen molar-refractivity contribution in [2.24, 2.45) is 0 Å². The summed E-state index contributed by atoms with van der Waals surface area (Å²) in [7, 11) is -4.65. The van der Waals surface area contributed by atoms with E-state index in [1.807, 2.05) is 0 Å². The lowest BCUT2D eigenvalue weighted by Gasteiger charge is -2.20. The Kier molecular flexibility index (Phi) is 7.14. The number of halogens is 2. The summed E-state index contributed by atoms with van der Waals surface area (Å²) < 4.78 is 51.6. The summed E-state index contributed by atoms with van der Waals surface area (Å²) in [6.07, 6.45) is -4.31. The van der Waals surface area contributed by atoms with Crippen LogP contribution >= 0.6 is 7.75 Å². The van der Waals surface area contributed by atoms with Crippen LogP contribution in [-0.2, 0) is 27.0 Å². The van der Waals surface area contributed by atoms with Crippen LogP contribution in [0.2, 0.25) is 0 Å². The van der Waals surface area contributed by atoms with Gasteiger partial charge in [0.15, 0.2) is 6.10 Å². The van der Waals surface area contributed by atoms with Crippen molar-refractivity contribution >= 4 is 13.6 Å². The summed E-state index contributed by atoms with van der Waals surface area (Å²) in [4.78, 5) is 29.0. The first kappa shape index (κ1) is 25.1. The fourth-order valence-electron chi connectivity index (χ4n) is 3.13. The van der Waals surface area contributed by atoms with Gasteiger partial charge in [-0.3, -0.25) is 14.1 Å². The van der Waals surface area contributed by atoms with Crippen molar-refractivity contribution in [2.75, 3.05) is 12.3 Å². The SMILES string of the molecule is Cc1ncc(CO)c(CNP(=O)(O)OC[C@H]2O[C@@H](n3ccc(N)nc3=O)C(F)(F)[C@@H]2O)c1O. The van der Waals surface area contributed by atoms with Crippen molar-refractivity contribution in [3.05, 3.63) is 45.8 Å². The Labute approximate surface area is 185 Å². The number of hydrogen-bond acceptors (Lipinski definition) is 10. The summed E-state index contributed by atoms with van der Waals surface area (Å²) in [5, 5.41) is 31.5. The number of nitrogen functional groups attached to an aromatic ring is 1. The number of nitrogens with two attached hydrogens (primary N) is 1. The van der Waals surface area contributed by atoms with E-state index in [4.69, 9.17) is 15.0 Å². The van der Waals surface area contributed by atoms with Crippen LogP contribution in [0, 0.1) is 6.92 Å². The number of nitrogens with zero attached hydrogens (tertiary/aromatic N) is 3. The maximum Gasteiger partial charge on any atom is 0.403 e. The van der Waals surface area contributed by atoms with E-state index in [0.717, 1.165) is 12.3 Å². The summed E-state index contributed by atoms with van der Waals surface area (Å²) in [6, 6.07) is 1.08. The van der Waals surface area contributed by atoms with Gasteiger partial charge >= 0.3 is 19.4 Å². The van der Waals surface area contributed by atoms with Gasteiger partial charge in [0, 0.05) is 30.1 Å². The molecule has 1 aliphatic rings. The average molecular weight is 493 g/mol. The van der Waals surface area contributed by atoms with Gasteiger partial charge in [0.1, 0.15) is 17.7 Å². The molecule has 1 saturated heterocycles. The van der Waals surface area contributed by atoms with Gasteiger partial charge in [-0.25, -0.2) is 14.4 Å². The molecule has 3 heterocycles. The highest BCUT2D eigenvalue weighted by molar-refractivity contribution is 7.50. The number of aliphatic hydroxyl groups excluding tert-OH is 2. The lowest BCUT2D eigenvalue weighted by atomic mass is 10.1. The third-order valence-corrected chi connectivity index (χ3v) is 6.01. The molecular weight excluding hydrogens is 471 g/mol. The largest absolute Gasteiger partial charge is 0.506 e. The number of aliphatic hydroxyl groups is 2. The van der Waals surface area contributed by atoms with E-state index < -0.39 is 57.6 Å². The van der Waals surface area contributed by atoms with Gasteiger partial charge in [-0.2, -0.15) is 13.8 Å². The third-order valence-electron chi connectivity index (χ3n) is 4.95. The molecule has 1 fully saturated rings. The Bertz CT molecular complexity index is 1130. The third kappa shape index (κ3) is 5.19. The highest BCUT2D eigenvalue weighted by Gasteiger charge is 2.60. The Hall–Kier alpha value is -2.52. The fourth-order valence-corrected chi connectivity index (χ4v) is 3.93. The Morgan fingerprint density at radius 1 is 1.45 bits per heavy atom. The molecule has 2 aromatic rings. The lowest BCUT2D eigenvalue weighted by molar-refractivity contribution is -0.140. The summed E-state index contributed by atoms with van der Waals surface area (Å²) in [5.74, 6) is -4.47. The molecule has 3 rings (SSSR count). The van der Waals surface area contributed by atoms with Crippen molar-refractivity contribution in [2.45, 2.75) is 44.4 Å². The second-order valence-corrected chi connectivity index (χ2v) is 8.81. The van der Waals surface area contributed by atoms with Crippen molar-refractivity contribution in [1.29, 1.82) is 0 Å². The number of aryl methyl sites for hydroxylation is 1. The summed E-state index contributed by atoms with van der Waals surface area (Å²) in [6.45, 7) is -0.406. The number of aromatic hydroxyl groups is 1. The van der Waals surface area contributed by atoms with Crippen LogP contribution in [0.3, 0.4) is 0 Å². The first-order valence-electron chi connectivity index (χ1n) is 9.43. The standard InChI is InChI=1S/C17H22F2N5O8P/c1-8-13(26)10(9(6-25)4-21-8)5-22-33(29,30)31-7-11-14(27)17(18,19)15(32-11)24-3-2-12(20)23-16(24)28/h2-4,11,14-15,25-27H,5-7H2,1H3,(H2,20,23,28)(H2,22,29,30)/t11-,14-,15-/m1/s1. The number of hydrogen-bond donors (Lipinski definition) is 6. The zero-order valence-electron chi connectivity index (χ0n) is 17.1. The molecule has 0 bridgehead atoms. The molecule has 13 nitrogen and oxygen atoms in total. The van der Waals surface area contributed by atoms with E-state index in [1.165, 1.54) is 13.1 Å². The van der Waals surface area contributed by atoms with Crippen molar-refractivity contribution in [1.82, 2.24) is 19.6 Å². The number of aromatic nitrogens is 3. The second kappa shape index (κ2) is 9.38. The minimum Gasteiger partial charge on any atom is -0.506 e. The molecule has 7 N–H and O–H groups in total. The zero-order valence-corrected chi connectivity index (χ0v) is 18.0. The van der Waals surface area contributed by atoms with Crippen LogP contribution in [-0.4, -0.2) is 59.5 Å². The normalized spacial score (nSPS) is 24.0. The number of ether oxygens (including phenoxy) is 1. The van der Waals surface area contributed by atoms with E-state index in [9.17, 15) is 38.4 Å². The molecule has 0 radical (unpaired) electrons. The Morgan fingerprint density at radius 3 is 2.79 bits per heavy atom. The van der Waals surface area contributed by atoms with E-state index in [2.05, 4.69) is 15.1 Å². The predicted molar refractivity (Wildman–Crippen MR) is 107 cm³/mol. The van der Waals surface area contributed by atoms with E-state index in [-0.39, 0.29) is 28.4 Å². The van der Waals surface area contributed by atoms with Crippen LogP contribution in [0.1, 0.15) is 23.0 Å². The van der Waals surface area contributed by atoms with Crippen LogP contribution in [0.5, 0.6) is 5.75 Å². The molecule has 1 unspecified atom stereocenters. The van der Waals surface area contributed by atoms with Gasteiger partial charge < -0.3 is 30.7 Å². The van der Waals surface area contributed by atoms with Gasteiger partial charge in [-0.05, 0) is 13.0 Å². The monoisotopic (exact) mass is 493 g/mol. The van der Waals surface area contributed by atoms with Crippen LogP contribution in [0.25, 0.3) is 0 Å². The highest BCUT2D eigenvalue weighted by atomic mass is 31.2. The van der Waals surface area contributed by atoms with E-state index >= 15 is 0 Å². The smallest absolute Gasteiger partial charge is 0.403 e. The molecule has 182 valence electrons. The molecule has 0 aliphatic carbocycles. The quantitative estimate of drug-likeness (QED) is 0.258. The molecule has 0 spiro atoms. The fraction of sp³-hybridized carbons (Fsp3) is 0.471. The summed E-state index contributed by atoms with van der Waals surface area (Å²) in [5.41, 5.74) is 4.67. The number of anilines is 1. The molecule has 33 heavy (non-hydrogen) atoms. The van der Waals surface area contributed by atoms with Gasteiger partial charge in [0.2, 0.25) is 6.23 Å². The lowest BCUT2D eigenvalue weighted by Crippen LogP contribution is -2.42. The zero-order chi connectivity index (χ0) is 24.6.